The van der Waals surface area contributed by atoms with Gasteiger partial charge in [0.15, 0.2) is 0 Å². The van der Waals surface area contributed by atoms with Crippen LogP contribution >= 0.6 is 0 Å². The summed E-state index contributed by atoms with van der Waals surface area (Å²) in [7, 11) is 1.37. The van der Waals surface area contributed by atoms with Crippen LogP contribution in [0.15, 0.2) is 36.9 Å². The number of hydrogen-bond donors (Lipinski definition) is 12. The predicted molar refractivity (Wildman–Crippen MR) is 531 cm³/mol. The Hall–Kier alpha value is -11.6. The first-order valence-corrected chi connectivity index (χ1v) is 51.2. The molecule has 13 N–H and O–H groups in total. The molecule has 13 rings (SSSR count). The van der Waals surface area contributed by atoms with Crippen LogP contribution in [0.3, 0.4) is 0 Å². The molecule has 0 bridgehead atoms. The third kappa shape index (κ3) is 25.4. The number of carbonyl (C=O) groups is 21. The molecular weight excluding hydrogens is 1850 g/mol. The second-order valence-electron chi connectivity index (χ2n) is 50.3. The first-order valence-electron chi connectivity index (χ1n) is 51.2. The summed E-state index contributed by atoms with van der Waals surface area (Å²) in [6.45, 7) is 50.2. The lowest BCUT2D eigenvalue weighted by Crippen LogP contribution is -2.63. The van der Waals surface area contributed by atoms with E-state index in [1.807, 2.05) is 152 Å². The van der Waals surface area contributed by atoms with Gasteiger partial charge >= 0.3 is 18.1 Å². The number of nitrogens with one attached hydrogen (secondary N) is 11. The Morgan fingerprint density at radius 2 is 0.667 bits per heavy atom. The molecule has 39 nitrogen and oxygen atoms in total. The maximum atomic E-state index is 14.5. The number of benzene rings is 1. The molecule has 0 radical (unpaired) electrons. The minimum Gasteiger partial charge on any atom is -0.363 e. The van der Waals surface area contributed by atoms with Crippen LogP contribution < -0.4 is 64.2 Å². The molecule has 1 aromatic carbocycles. The summed E-state index contributed by atoms with van der Waals surface area (Å²) in [4.78, 5) is 285. The number of likely N-dealkylation sites (tertiary alicyclic amines) is 5. The number of primary amides is 1. The Morgan fingerprint density at radius 1 is 0.389 bits per heavy atom. The van der Waals surface area contributed by atoms with E-state index in [0.29, 0.717) is 50.0 Å². The average Bonchev–Trinajstić information content (AvgIpc) is 1.53. The summed E-state index contributed by atoms with van der Waals surface area (Å²) in [5, 5.41) is 30.5. The average molecular weight is 2010 g/mol. The van der Waals surface area contributed by atoms with E-state index in [9.17, 15) is 101 Å². The Labute approximate surface area is 845 Å². The van der Waals surface area contributed by atoms with Crippen LogP contribution in [0.2, 0.25) is 0 Å². The van der Waals surface area contributed by atoms with Gasteiger partial charge in [0.1, 0.15) is 36.3 Å². The second kappa shape index (κ2) is 42.5. The number of piperidine rings is 3. The number of likely N-dealkylation sites (N-methyl/N-ethyl adjacent to an activating group) is 1. The summed E-state index contributed by atoms with van der Waals surface area (Å²) < 4.78 is 0. The monoisotopic (exact) mass is 2010 g/mol. The molecule has 39 heteroatoms. The van der Waals surface area contributed by atoms with Crippen LogP contribution in [0.25, 0.3) is 0 Å². The van der Waals surface area contributed by atoms with E-state index >= 15 is 0 Å². The second-order valence-corrected chi connectivity index (χ2v) is 50.3. The van der Waals surface area contributed by atoms with Crippen LogP contribution in [0.1, 0.15) is 277 Å². The molecule has 11 fully saturated rings. The van der Waals surface area contributed by atoms with Crippen LogP contribution in [-0.4, -0.2) is 279 Å². The van der Waals surface area contributed by atoms with Crippen molar-refractivity contribution >= 4 is 124 Å². The number of amides is 21. The normalized spacial score (nSPS) is 25.0. The standard InChI is InChI=1S/C39H54N6O7.2C33H52N6O7/c1-10-17-40-32(48)29(46)25(18-21-15-16-21)41-31(47)28-27-24(39(27,8)9)19-44(28)35(51)30(38(5,6)7)43-36(52)42-26(37(2,3)4)20-45-33(49)22-13-11-12-14-23(22)34(45)50;1-31(2,3)20(16-38-21(40)12-13-22(38)41)36-30(46)37-26(32(4,5)6)29(45)39-15-18-23(33(18,7)8)24(39)27(43)35-19(14-17-10-11-17)25(42)28(44)34-9;1-31(2,3)20(16-38-21(40)12-13-22(38)41)36-30(46)37-26(32(4,5)6)29(45)39-15-18-23(33(18,7)8)24(39)28(44)35-19(25(42)27(34)43)14-17-10-9-11-17/h10-14,21,24-28,30H,1,15-20H2,2-9H3,(H,40,48)(H,41,47)(H2,42,43,52);17-20,23-24,26H,10-16H2,1-9H3,(H,34,44)(H,35,43)(H2,36,37,46);17-20,23-24,26H,9-16H2,1-8H3,(H2,34,43)(H,35,44)(H2,36,37,46)/t24-,25?,26+,27-,28-,30+;2*18-,19?,20+,23-,24-,26+/m000/s1. The minimum atomic E-state index is -1.11. The van der Waals surface area contributed by atoms with Gasteiger partial charge in [-0.1, -0.05) is 229 Å². The van der Waals surface area contributed by atoms with Gasteiger partial charge in [-0.05, 0) is 133 Å². The smallest absolute Gasteiger partial charge is 0.315 e. The number of Topliss-reactive ketones (excluding diaryl/α,β-unsaturated/α-hetero) is 3. The van der Waals surface area contributed by atoms with Crippen molar-refractivity contribution in [3.8, 4) is 0 Å². The van der Waals surface area contributed by atoms with E-state index in [0.717, 1.165) is 49.8 Å². The third-order valence-electron chi connectivity index (χ3n) is 32.3. The number of hydrogen-bond acceptors (Lipinski definition) is 21. The molecule has 12 aliphatic rings. The number of urea groups is 3. The molecule has 6 aliphatic heterocycles. The van der Waals surface area contributed by atoms with Gasteiger partial charge in [0.05, 0.1) is 53.9 Å². The topological polar surface area (TPSA) is 536 Å². The molecule has 1 aromatic rings. The van der Waals surface area contributed by atoms with Crippen molar-refractivity contribution in [2.75, 3.05) is 52.9 Å². The van der Waals surface area contributed by atoms with Gasteiger partial charge in [-0.25, -0.2) is 14.4 Å². The number of rotatable bonds is 35. The van der Waals surface area contributed by atoms with Gasteiger partial charge in [0.25, 0.3) is 29.5 Å². The van der Waals surface area contributed by atoms with Crippen molar-refractivity contribution in [1.82, 2.24) is 87.9 Å². The van der Waals surface area contributed by atoms with Crippen LogP contribution in [0.5, 0.6) is 0 Å². The SMILES string of the molecule is C=CCNC(=O)C(=O)C(CC1CC1)NC(=O)[C@@H]1[C@@H]2[C@H](CN1C(=O)[C@@H](NC(=O)N[C@H](CN1C(=O)c3ccccc3C1=O)C(C)(C)C)C(C)(C)C)C2(C)C.CC(C)(C)[C@H](NC(=O)N[C@H](CN1C(=O)CCC1=O)C(C)(C)C)C(=O)N1C[C@H]2[C@@H]([C@H]1C(=O)NC(CC1CCC1)C(=O)C(N)=O)C2(C)C.CNC(=O)C(=O)C(CC1CC1)NC(=O)[C@@H]1[C@@H]2[C@H](CN1C(=O)[C@@H](NC(=O)N[C@H](CN1C(=O)CCC1=O)C(C)(C)C)C(C)(C)C)C2(C)C. The lowest BCUT2D eigenvalue weighted by molar-refractivity contribution is -0.145. The number of ketones is 3. The van der Waals surface area contributed by atoms with E-state index in [1.165, 1.54) is 37.6 Å². The molecule has 5 saturated heterocycles. The van der Waals surface area contributed by atoms with Crippen molar-refractivity contribution in [3.05, 3.63) is 48.0 Å². The van der Waals surface area contributed by atoms with Crippen molar-refractivity contribution in [3.63, 3.8) is 0 Å². The molecule has 0 aromatic heterocycles. The van der Waals surface area contributed by atoms with Crippen molar-refractivity contribution < 1.29 is 101 Å². The van der Waals surface area contributed by atoms with E-state index in [-0.39, 0.29) is 145 Å². The minimum absolute atomic E-state index is 0.0155. The Bertz CT molecular complexity index is 5040. The summed E-state index contributed by atoms with van der Waals surface area (Å²) in [6.07, 6.45) is 9.60. The molecule has 3 unspecified atom stereocenters. The fourth-order valence-electron chi connectivity index (χ4n) is 21.9. The zero-order chi connectivity index (χ0) is 108. The first-order chi connectivity index (χ1) is 66.5. The summed E-state index contributed by atoms with van der Waals surface area (Å²) in [5.41, 5.74) is 1.41. The highest BCUT2D eigenvalue weighted by molar-refractivity contribution is 6.39. The molecule has 6 aliphatic carbocycles. The Morgan fingerprint density at radius 3 is 0.917 bits per heavy atom. The number of fused-ring (bicyclic) bond motifs is 4. The number of imide groups is 3. The predicted octanol–water partition coefficient (Wildman–Crippen LogP) is 5.87. The van der Waals surface area contributed by atoms with Crippen molar-refractivity contribution in [2.24, 2.45) is 108 Å². The van der Waals surface area contributed by atoms with E-state index in [2.05, 4.69) is 78.9 Å². The Balaban J connectivity index is 0.000000206. The molecular formula is C105H158N18O21. The summed E-state index contributed by atoms with van der Waals surface area (Å²) >= 11 is 0. The highest BCUT2D eigenvalue weighted by Crippen LogP contribution is 2.67. The molecule has 6 saturated carbocycles. The first kappa shape index (κ1) is 113. The highest BCUT2D eigenvalue weighted by atomic mass is 16.2. The zero-order valence-corrected chi connectivity index (χ0v) is 88.9. The van der Waals surface area contributed by atoms with Crippen LogP contribution in [0.4, 0.5) is 14.4 Å². The lowest BCUT2D eigenvalue weighted by atomic mass is 9.80. The van der Waals surface area contributed by atoms with E-state index < -0.39 is 205 Å². The largest absolute Gasteiger partial charge is 0.363 e. The van der Waals surface area contributed by atoms with Gasteiger partial charge in [-0.15, -0.1) is 6.58 Å². The molecule has 21 amide bonds. The summed E-state index contributed by atoms with van der Waals surface area (Å²) in [5.74, 6) is -9.28. The van der Waals surface area contributed by atoms with Gasteiger partial charge in [0, 0.05) is 72.0 Å². The lowest BCUT2D eigenvalue weighted by Gasteiger charge is -2.39. The van der Waals surface area contributed by atoms with Gasteiger partial charge < -0.3 is 78.9 Å². The van der Waals surface area contributed by atoms with Crippen LogP contribution in [0, 0.1) is 102 Å². The molecule has 18 atom stereocenters. The molecule has 794 valence electrons. The number of carbonyl (C=O) groups excluding carboxylic acids is 21. The molecule has 6 heterocycles. The molecule has 0 spiro atoms. The van der Waals surface area contributed by atoms with Gasteiger partial charge in [0.2, 0.25) is 76.4 Å². The maximum absolute atomic E-state index is 14.5. The summed E-state index contributed by atoms with van der Waals surface area (Å²) in [6, 6.07) is -6.01. The fourth-order valence-corrected chi connectivity index (χ4v) is 21.9. The highest BCUT2D eigenvalue weighted by Gasteiger charge is 2.73. The van der Waals surface area contributed by atoms with Gasteiger partial charge in [-0.2, -0.15) is 0 Å². The van der Waals surface area contributed by atoms with E-state index in [4.69, 9.17) is 5.73 Å². The fraction of sp³-hybridized carbons (Fsp3) is 0.724. The maximum Gasteiger partial charge on any atom is 0.315 e. The third-order valence-corrected chi connectivity index (χ3v) is 32.3. The number of nitrogens with two attached hydrogens (primary N) is 1. The number of nitrogens with zero attached hydrogens (tertiary/aromatic N) is 6. The van der Waals surface area contributed by atoms with Crippen LogP contribution in [-0.2, 0) is 76.7 Å². The van der Waals surface area contributed by atoms with E-state index in [1.54, 1.807) is 24.3 Å². The molecule has 144 heavy (non-hydrogen) atoms. The quantitative estimate of drug-likeness (QED) is 0.0215. The van der Waals surface area contributed by atoms with Crippen molar-refractivity contribution in [2.45, 2.75) is 329 Å². The Kier molecular flexibility index (Phi) is 33.3. The van der Waals surface area contributed by atoms with Gasteiger partial charge in [-0.3, -0.25) is 101 Å². The van der Waals surface area contributed by atoms with Crippen molar-refractivity contribution in [1.29, 1.82) is 0 Å². The zero-order valence-electron chi connectivity index (χ0n) is 88.9.